The summed E-state index contributed by atoms with van der Waals surface area (Å²) in [5, 5.41) is 12.4. The summed E-state index contributed by atoms with van der Waals surface area (Å²) in [6.07, 6.45) is 0.0300. The van der Waals surface area contributed by atoms with Gasteiger partial charge in [-0.3, -0.25) is 4.79 Å². The number of phenolic OH excluding ortho intramolecular Hbond substituents is 1. The van der Waals surface area contributed by atoms with E-state index in [1.807, 2.05) is 24.3 Å². The van der Waals surface area contributed by atoms with Gasteiger partial charge in [0.1, 0.15) is 6.61 Å². The number of alkyl carbamates (subject to hydrolysis) is 1. The maximum atomic E-state index is 12.2. The number of carbonyl (C=O) groups excluding carboxylic acids is 2. The predicted octanol–water partition coefficient (Wildman–Crippen LogP) is 4.10. The van der Waals surface area contributed by atoms with Crippen molar-refractivity contribution in [2.24, 2.45) is 0 Å². The van der Waals surface area contributed by atoms with E-state index in [2.05, 4.69) is 41.4 Å². The van der Waals surface area contributed by atoms with Crippen LogP contribution in [-0.4, -0.2) is 37.7 Å². The molecule has 0 bridgehead atoms. The van der Waals surface area contributed by atoms with Crippen LogP contribution in [0.2, 0.25) is 0 Å². The Morgan fingerprint density at radius 3 is 2.38 bits per heavy atom. The predicted molar refractivity (Wildman–Crippen MR) is 120 cm³/mol. The third-order valence-corrected chi connectivity index (χ3v) is 5.37. The average Bonchev–Trinajstić information content (AvgIpc) is 3.14. The summed E-state index contributed by atoms with van der Waals surface area (Å²) >= 11 is 0. The fourth-order valence-electron chi connectivity index (χ4n) is 3.86. The molecule has 32 heavy (non-hydrogen) atoms. The molecule has 1 aliphatic rings. The first-order valence-electron chi connectivity index (χ1n) is 10.1. The van der Waals surface area contributed by atoms with Gasteiger partial charge in [0.15, 0.2) is 17.8 Å². The highest BCUT2D eigenvalue weighted by molar-refractivity contribution is 5.81. The lowest BCUT2D eigenvalue weighted by atomic mass is 9.98. The van der Waals surface area contributed by atoms with E-state index in [1.54, 1.807) is 0 Å². The van der Waals surface area contributed by atoms with Gasteiger partial charge in [-0.1, -0.05) is 60.4 Å². The number of nitrogens with one attached hydrogen (secondary N) is 1. The number of ether oxygens (including phenoxy) is 2. The largest absolute Gasteiger partial charge is 0.504 e. The standard InChI is InChI=1S/C26H21NO5/c1-31-25-14-17(18(15-28)13-24(25)29)7-6-12-27-26(30)32-16-23-21-10-4-2-8-19(21)20-9-3-5-11-22(20)23/h2-5,8-11,13-15,23,29H,12,16H2,1H3,(H,27,30). The number of fused-ring (bicyclic) bond motifs is 3. The van der Waals surface area contributed by atoms with Crippen LogP contribution < -0.4 is 10.1 Å². The van der Waals surface area contributed by atoms with E-state index >= 15 is 0 Å². The van der Waals surface area contributed by atoms with Crippen molar-refractivity contribution in [1.29, 1.82) is 0 Å². The highest BCUT2D eigenvalue weighted by Gasteiger charge is 2.28. The van der Waals surface area contributed by atoms with Crippen LogP contribution in [0.4, 0.5) is 4.79 Å². The Labute approximate surface area is 185 Å². The Morgan fingerprint density at radius 1 is 1.09 bits per heavy atom. The van der Waals surface area contributed by atoms with E-state index in [0.717, 1.165) is 11.1 Å². The molecule has 0 aromatic heterocycles. The number of hydrogen-bond donors (Lipinski definition) is 2. The Balaban J connectivity index is 1.37. The molecule has 6 heteroatoms. The van der Waals surface area contributed by atoms with Crippen LogP contribution in [0.15, 0.2) is 60.7 Å². The molecule has 4 rings (SSSR count). The van der Waals surface area contributed by atoms with E-state index < -0.39 is 6.09 Å². The van der Waals surface area contributed by atoms with Crippen LogP contribution in [0, 0.1) is 11.8 Å². The molecule has 3 aromatic carbocycles. The molecule has 1 aliphatic carbocycles. The minimum Gasteiger partial charge on any atom is -0.504 e. The lowest BCUT2D eigenvalue weighted by Crippen LogP contribution is -2.26. The molecule has 3 aromatic rings. The highest BCUT2D eigenvalue weighted by Crippen LogP contribution is 2.44. The molecule has 0 saturated heterocycles. The second-order valence-corrected chi connectivity index (χ2v) is 7.21. The lowest BCUT2D eigenvalue weighted by molar-refractivity contribution is 0.112. The number of carbonyl (C=O) groups is 2. The minimum atomic E-state index is -0.569. The van der Waals surface area contributed by atoms with Crippen LogP contribution in [0.5, 0.6) is 11.5 Å². The van der Waals surface area contributed by atoms with Gasteiger partial charge in [0.05, 0.1) is 13.7 Å². The number of hydrogen-bond acceptors (Lipinski definition) is 5. The molecule has 0 spiro atoms. The van der Waals surface area contributed by atoms with Crippen LogP contribution in [-0.2, 0) is 4.74 Å². The second kappa shape index (κ2) is 9.27. The number of phenols is 1. The van der Waals surface area contributed by atoms with Gasteiger partial charge in [-0.15, -0.1) is 0 Å². The van der Waals surface area contributed by atoms with Crippen molar-refractivity contribution in [2.75, 3.05) is 20.3 Å². The number of aromatic hydroxyl groups is 1. The molecular weight excluding hydrogens is 406 g/mol. The molecule has 2 N–H and O–H groups in total. The zero-order valence-electron chi connectivity index (χ0n) is 17.4. The van der Waals surface area contributed by atoms with Gasteiger partial charge in [0.25, 0.3) is 0 Å². The summed E-state index contributed by atoms with van der Waals surface area (Å²) in [6, 6.07) is 19.0. The summed E-state index contributed by atoms with van der Waals surface area (Å²) in [7, 11) is 1.41. The summed E-state index contributed by atoms with van der Waals surface area (Å²) in [4.78, 5) is 23.4. The van der Waals surface area contributed by atoms with E-state index in [0.29, 0.717) is 11.8 Å². The van der Waals surface area contributed by atoms with Gasteiger partial charge in [0, 0.05) is 23.1 Å². The SMILES string of the molecule is COc1cc(C#CCNC(=O)OCC2c3ccccc3-c3ccccc32)c(C=O)cc1O. The molecular formula is C26H21NO5. The second-order valence-electron chi connectivity index (χ2n) is 7.21. The molecule has 1 amide bonds. The fraction of sp³-hybridized carbons (Fsp3) is 0.154. The van der Waals surface area contributed by atoms with Crippen molar-refractivity contribution in [3.8, 4) is 34.5 Å². The Hall–Kier alpha value is -4.24. The van der Waals surface area contributed by atoms with E-state index in [-0.39, 0.29) is 36.1 Å². The van der Waals surface area contributed by atoms with Crippen molar-refractivity contribution in [3.05, 3.63) is 82.9 Å². The lowest BCUT2D eigenvalue weighted by Gasteiger charge is -2.14. The smallest absolute Gasteiger partial charge is 0.407 e. The zero-order chi connectivity index (χ0) is 22.5. The average molecular weight is 427 g/mol. The van der Waals surface area contributed by atoms with Crippen molar-refractivity contribution in [2.45, 2.75) is 5.92 Å². The molecule has 0 radical (unpaired) electrons. The van der Waals surface area contributed by atoms with E-state index in [1.165, 1.54) is 30.4 Å². The van der Waals surface area contributed by atoms with E-state index in [4.69, 9.17) is 9.47 Å². The van der Waals surface area contributed by atoms with Crippen molar-refractivity contribution in [3.63, 3.8) is 0 Å². The maximum Gasteiger partial charge on any atom is 0.407 e. The molecule has 0 saturated carbocycles. The van der Waals surface area contributed by atoms with Crippen molar-refractivity contribution >= 4 is 12.4 Å². The quantitative estimate of drug-likeness (QED) is 0.473. The van der Waals surface area contributed by atoms with Gasteiger partial charge in [0.2, 0.25) is 0 Å². The van der Waals surface area contributed by atoms with Crippen molar-refractivity contribution in [1.82, 2.24) is 5.32 Å². The summed E-state index contributed by atoms with van der Waals surface area (Å²) in [5.74, 6) is 5.64. The number of benzene rings is 3. The first-order chi connectivity index (χ1) is 15.6. The van der Waals surface area contributed by atoms with Crippen LogP contribution in [0.25, 0.3) is 11.1 Å². The molecule has 0 aliphatic heterocycles. The van der Waals surface area contributed by atoms with E-state index in [9.17, 15) is 14.7 Å². The first kappa shape index (κ1) is 21.0. The van der Waals surface area contributed by atoms with Crippen LogP contribution in [0.3, 0.4) is 0 Å². The first-order valence-corrected chi connectivity index (χ1v) is 10.1. The van der Waals surface area contributed by atoms with Gasteiger partial charge < -0.3 is 19.9 Å². The molecule has 6 nitrogen and oxygen atoms in total. The summed E-state index contributed by atoms with van der Waals surface area (Å²) in [6.45, 7) is 0.260. The normalized spacial score (nSPS) is 11.5. The molecule has 160 valence electrons. The third-order valence-electron chi connectivity index (χ3n) is 5.37. The van der Waals surface area contributed by atoms with Gasteiger partial charge in [-0.2, -0.15) is 0 Å². The molecule has 0 unspecified atom stereocenters. The summed E-state index contributed by atoms with van der Waals surface area (Å²) in [5.41, 5.74) is 5.24. The number of rotatable bonds is 5. The minimum absolute atomic E-state index is 0.0150. The van der Waals surface area contributed by atoms with Gasteiger partial charge in [-0.25, -0.2) is 4.79 Å². The highest BCUT2D eigenvalue weighted by atomic mass is 16.5. The summed E-state index contributed by atoms with van der Waals surface area (Å²) < 4.78 is 10.5. The zero-order valence-corrected chi connectivity index (χ0v) is 17.4. The van der Waals surface area contributed by atoms with Crippen molar-refractivity contribution < 1.29 is 24.2 Å². The van der Waals surface area contributed by atoms with Crippen LogP contribution >= 0.6 is 0 Å². The number of amides is 1. The third kappa shape index (κ3) is 4.14. The number of aldehydes is 1. The molecule has 0 atom stereocenters. The Kier molecular flexibility index (Phi) is 6.09. The Morgan fingerprint density at radius 2 is 1.75 bits per heavy atom. The topological polar surface area (TPSA) is 84.9 Å². The maximum absolute atomic E-state index is 12.2. The number of methoxy groups -OCH3 is 1. The Bertz CT molecular complexity index is 1190. The van der Waals surface area contributed by atoms with Crippen LogP contribution in [0.1, 0.15) is 33.0 Å². The molecule has 0 fully saturated rings. The fourth-order valence-corrected chi connectivity index (χ4v) is 3.86. The van der Waals surface area contributed by atoms with Gasteiger partial charge in [-0.05, 0) is 28.3 Å². The molecule has 0 heterocycles. The van der Waals surface area contributed by atoms with Gasteiger partial charge >= 0.3 is 6.09 Å². The monoisotopic (exact) mass is 427 g/mol.